The molecule has 0 aliphatic carbocycles. The Morgan fingerprint density at radius 3 is 2.35 bits per heavy atom. The van der Waals surface area contributed by atoms with Crippen molar-refractivity contribution in [1.82, 2.24) is 10.6 Å². The maximum Gasteiger partial charge on any atom is 0.246 e. The number of ether oxygens (including phenoxy) is 1. The van der Waals surface area contributed by atoms with Gasteiger partial charge in [0, 0.05) is 19.7 Å². The molecule has 0 aromatic rings. The third kappa shape index (κ3) is 7.45. The highest BCUT2D eigenvalue weighted by molar-refractivity contribution is 5.88. The van der Waals surface area contributed by atoms with Crippen LogP contribution in [0.2, 0.25) is 0 Å². The number of nitrogens with two attached hydrogens (primary N) is 1. The Kier molecular flexibility index (Phi) is 10.0. The molecule has 0 saturated carbocycles. The van der Waals surface area contributed by atoms with E-state index in [0.717, 1.165) is 19.3 Å². The van der Waals surface area contributed by atoms with Gasteiger partial charge in [0.05, 0.1) is 0 Å². The van der Waals surface area contributed by atoms with Crippen LogP contribution in [0.15, 0.2) is 0 Å². The summed E-state index contributed by atoms with van der Waals surface area (Å²) in [6, 6.07) is -0.601. The first kappa shape index (κ1) is 18.9. The first-order chi connectivity index (χ1) is 9.46. The third-order valence-electron chi connectivity index (χ3n) is 3.08. The zero-order valence-electron chi connectivity index (χ0n) is 13.1. The highest BCUT2D eigenvalue weighted by Crippen LogP contribution is 2.05. The van der Waals surface area contributed by atoms with Gasteiger partial charge in [-0.3, -0.25) is 9.59 Å². The van der Waals surface area contributed by atoms with Crippen molar-refractivity contribution < 1.29 is 14.3 Å². The lowest BCUT2D eigenvalue weighted by Crippen LogP contribution is -2.54. The Bertz CT molecular complexity index is 295. The molecule has 0 spiro atoms. The number of carbonyl (C=O) groups is 2. The number of rotatable bonds is 10. The molecule has 2 atom stereocenters. The van der Waals surface area contributed by atoms with E-state index < -0.39 is 6.04 Å². The lowest BCUT2D eigenvalue weighted by atomic mass is 10.0. The van der Waals surface area contributed by atoms with Crippen molar-refractivity contribution in [2.24, 2.45) is 11.7 Å². The third-order valence-corrected chi connectivity index (χ3v) is 3.08. The second-order valence-electron chi connectivity index (χ2n) is 5.31. The van der Waals surface area contributed by atoms with Crippen molar-refractivity contribution in [3.8, 4) is 0 Å². The SMILES string of the molecule is CCCCC(CN)NC(=O)[C@@H](NC(=O)COC)C(C)C. The molecule has 6 nitrogen and oxygen atoms in total. The minimum Gasteiger partial charge on any atom is -0.375 e. The molecule has 0 aliphatic rings. The van der Waals surface area contributed by atoms with Gasteiger partial charge in [-0.05, 0) is 12.3 Å². The van der Waals surface area contributed by atoms with Gasteiger partial charge in [0.1, 0.15) is 12.6 Å². The summed E-state index contributed by atoms with van der Waals surface area (Å²) in [4.78, 5) is 23.8. The van der Waals surface area contributed by atoms with E-state index in [9.17, 15) is 9.59 Å². The maximum absolute atomic E-state index is 12.2. The van der Waals surface area contributed by atoms with Crippen LogP contribution in [-0.4, -0.2) is 44.2 Å². The number of nitrogens with one attached hydrogen (secondary N) is 2. The smallest absolute Gasteiger partial charge is 0.246 e. The molecule has 6 heteroatoms. The molecule has 0 fully saturated rings. The molecule has 118 valence electrons. The molecule has 0 aliphatic heterocycles. The molecule has 1 unspecified atom stereocenters. The predicted molar refractivity (Wildman–Crippen MR) is 79.2 cm³/mol. The average molecular weight is 287 g/mol. The van der Waals surface area contributed by atoms with Crippen molar-refractivity contribution in [2.75, 3.05) is 20.3 Å². The zero-order valence-corrected chi connectivity index (χ0v) is 13.1. The lowest BCUT2D eigenvalue weighted by Gasteiger charge is -2.25. The molecule has 2 amide bonds. The van der Waals surface area contributed by atoms with Crippen LogP contribution in [0.3, 0.4) is 0 Å². The number of hydrogen-bond donors (Lipinski definition) is 3. The number of unbranched alkanes of at least 4 members (excludes halogenated alkanes) is 1. The van der Waals surface area contributed by atoms with Gasteiger partial charge in [0.15, 0.2) is 0 Å². The van der Waals surface area contributed by atoms with E-state index >= 15 is 0 Å². The number of methoxy groups -OCH3 is 1. The predicted octanol–water partition coefficient (Wildman–Crippen LogP) is 0.407. The van der Waals surface area contributed by atoms with Gasteiger partial charge in [0.25, 0.3) is 0 Å². The first-order valence-corrected chi connectivity index (χ1v) is 7.24. The second kappa shape index (κ2) is 10.6. The number of carbonyl (C=O) groups excluding carboxylic acids is 2. The molecule has 0 aromatic heterocycles. The minimum absolute atomic E-state index is 0.000376. The number of hydrogen-bond acceptors (Lipinski definition) is 4. The van der Waals surface area contributed by atoms with E-state index in [-0.39, 0.29) is 30.4 Å². The van der Waals surface area contributed by atoms with Gasteiger partial charge in [0.2, 0.25) is 11.8 Å². The summed E-state index contributed by atoms with van der Waals surface area (Å²) >= 11 is 0. The molecular weight excluding hydrogens is 258 g/mol. The summed E-state index contributed by atoms with van der Waals surface area (Å²) in [6.07, 6.45) is 2.94. The van der Waals surface area contributed by atoms with E-state index in [1.54, 1.807) is 0 Å². The van der Waals surface area contributed by atoms with Crippen molar-refractivity contribution in [3.05, 3.63) is 0 Å². The summed E-state index contributed by atoms with van der Waals surface area (Å²) in [6.45, 7) is 6.23. The standard InChI is InChI=1S/C14H29N3O3/c1-5-6-7-11(8-15)16-14(19)13(10(2)3)17-12(18)9-20-4/h10-11,13H,5-9,15H2,1-4H3,(H,16,19)(H,17,18)/t11?,13-/m0/s1. The molecule has 0 heterocycles. The monoisotopic (exact) mass is 287 g/mol. The van der Waals surface area contributed by atoms with Gasteiger partial charge < -0.3 is 21.1 Å². The minimum atomic E-state index is -0.562. The Labute approximate surface area is 121 Å². The number of amides is 2. The molecule has 0 aromatic carbocycles. The largest absolute Gasteiger partial charge is 0.375 e. The van der Waals surface area contributed by atoms with Crippen LogP contribution in [0.1, 0.15) is 40.0 Å². The van der Waals surface area contributed by atoms with Gasteiger partial charge in [-0.2, -0.15) is 0 Å². The van der Waals surface area contributed by atoms with E-state index in [1.807, 2.05) is 13.8 Å². The van der Waals surface area contributed by atoms with Crippen molar-refractivity contribution in [3.63, 3.8) is 0 Å². The van der Waals surface area contributed by atoms with E-state index in [2.05, 4.69) is 17.6 Å². The molecule has 20 heavy (non-hydrogen) atoms. The zero-order chi connectivity index (χ0) is 15.5. The fourth-order valence-corrected chi connectivity index (χ4v) is 1.87. The van der Waals surface area contributed by atoms with Gasteiger partial charge >= 0.3 is 0 Å². The molecular formula is C14H29N3O3. The van der Waals surface area contributed by atoms with Crippen LogP contribution in [0.4, 0.5) is 0 Å². The molecule has 0 rings (SSSR count). The molecule has 0 saturated heterocycles. The highest BCUT2D eigenvalue weighted by Gasteiger charge is 2.25. The van der Waals surface area contributed by atoms with Gasteiger partial charge in [-0.1, -0.05) is 33.6 Å². The highest BCUT2D eigenvalue weighted by atomic mass is 16.5. The van der Waals surface area contributed by atoms with E-state index in [1.165, 1.54) is 7.11 Å². The van der Waals surface area contributed by atoms with E-state index in [4.69, 9.17) is 10.5 Å². The Morgan fingerprint density at radius 2 is 1.90 bits per heavy atom. The van der Waals surface area contributed by atoms with Crippen molar-refractivity contribution in [2.45, 2.75) is 52.1 Å². The summed E-state index contributed by atoms with van der Waals surface area (Å²) in [7, 11) is 1.44. The lowest BCUT2D eigenvalue weighted by molar-refractivity contribution is -0.132. The summed E-state index contributed by atoms with van der Waals surface area (Å²) in [5.41, 5.74) is 5.66. The second-order valence-corrected chi connectivity index (χ2v) is 5.31. The maximum atomic E-state index is 12.2. The summed E-state index contributed by atoms with van der Waals surface area (Å²) < 4.78 is 4.76. The summed E-state index contributed by atoms with van der Waals surface area (Å²) in [5.74, 6) is -0.476. The van der Waals surface area contributed by atoms with Crippen LogP contribution in [0, 0.1) is 5.92 Å². The van der Waals surface area contributed by atoms with Gasteiger partial charge in [-0.25, -0.2) is 0 Å². The van der Waals surface area contributed by atoms with Crippen molar-refractivity contribution in [1.29, 1.82) is 0 Å². The first-order valence-electron chi connectivity index (χ1n) is 7.24. The normalized spacial score (nSPS) is 13.9. The van der Waals surface area contributed by atoms with Gasteiger partial charge in [-0.15, -0.1) is 0 Å². The van der Waals surface area contributed by atoms with Crippen LogP contribution < -0.4 is 16.4 Å². The van der Waals surface area contributed by atoms with E-state index in [0.29, 0.717) is 6.54 Å². The molecule has 0 bridgehead atoms. The Balaban J connectivity index is 4.51. The Hall–Kier alpha value is -1.14. The molecule has 4 N–H and O–H groups in total. The topological polar surface area (TPSA) is 93.5 Å². The van der Waals surface area contributed by atoms with Crippen molar-refractivity contribution >= 4 is 11.8 Å². The fourth-order valence-electron chi connectivity index (χ4n) is 1.87. The summed E-state index contributed by atoms with van der Waals surface area (Å²) in [5, 5.41) is 5.60. The molecule has 0 radical (unpaired) electrons. The average Bonchev–Trinajstić information content (AvgIpc) is 2.40. The van der Waals surface area contributed by atoms with Crippen LogP contribution in [0.5, 0.6) is 0 Å². The van der Waals surface area contributed by atoms with Crippen LogP contribution in [-0.2, 0) is 14.3 Å². The van der Waals surface area contributed by atoms with Crippen LogP contribution in [0.25, 0.3) is 0 Å². The fraction of sp³-hybridized carbons (Fsp3) is 0.857. The Morgan fingerprint density at radius 1 is 1.25 bits per heavy atom. The van der Waals surface area contributed by atoms with Crippen LogP contribution >= 0.6 is 0 Å². The quantitative estimate of drug-likeness (QED) is 0.542.